The Balaban J connectivity index is 0.000000606. The molecular weight excluding hydrogens is 194 g/mol. The third-order valence-electron chi connectivity index (χ3n) is 3.63. The van der Waals surface area contributed by atoms with Crippen molar-refractivity contribution < 1.29 is 0 Å². The zero-order valence-electron chi connectivity index (χ0n) is 11.5. The van der Waals surface area contributed by atoms with Crippen molar-refractivity contribution in [3.05, 3.63) is 34.9 Å². The molecule has 0 fully saturated rings. The van der Waals surface area contributed by atoms with Crippen LogP contribution in [0, 0.1) is 6.92 Å². The van der Waals surface area contributed by atoms with Crippen LogP contribution in [0.3, 0.4) is 0 Å². The van der Waals surface area contributed by atoms with Gasteiger partial charge in [-0.2, -0.15) is 0 Å². The Morgan fingerprint density at radius 2 is 1.81 bits per heavy atom. The minimum Gasteiger partial charge on any atom is -0.299 e. The molecule has 0 amide bonds. The van der Waals surface area contributed by atoms with E-state index in [1.54, 1.807) is 5.56 Å². The predicted octanol–water partition coefficient (Wildman–Crippen LogP) is 3.96. The molecule has 1 aliphatic rings. The molecule has 0 aromatic heterocycles. The topological polar surface area (TPSA) is 3.24 Å². The molecule has 0 N–H and O–H groups in total. The molecule has 0 spiro atoms. The van der Waals surface area contributed by atoms with E-state index in [0.717, 1.165) is 6.54 Å². The predicted molar refractivity (Wildman–Crippen MR) is 71.9 cm³/mol. The van der Waals surface area contributed by atoms with Gasteiger partial charge in [-0.05, 0) is 37.9 Å². The first kappa shape index (κ1) is 13.2. The van der Waals surface area contributed by atoms with Crippen molar-refractivity contribution in [2.45, 2.75) is 53.1 Å². The van der Waals surface area contributed by atoms with Gasteiger partial charge in [-0.15, -0.1) is 0 Å². The smallest absolute Gasteiger partial charge is 0.0236 e. The molecule has 0 saturated carbocycles. The van der Waals surface area contributed by atoms with E-state index in [1.165, 1.54) is 11.1 Å². The average Bonchev–Trinajstić information content (AvgIpc) is 2.30. The molecule has 0 aliphatic carbocycles. The van der Waals surface area contributed by atoms with Crippen LogP contribution in [-0.2, 0) is 6.54 Å². The Morgan fingerprint density at radius 3 is 2.44 bits per heavy atom. The van der Waals surface area contributed by atoms with E-state index in [1.807, 2.05) is 13.8 Å². The summed E-state index contributed by atoms with van der Waals surface area (Å²) in [6.45, 7) is 11.9. The standard InChI is InChI=1S/C13H19N.C2H6/c1-9-5-6-12-8-14(4)11(3)10(2)13(12)7-9;1-2/h5-7,10-11H,8H2,1-4H3;1-2H3. The number of nitrogens with zero attached hydrogens (tertiary/aromatic N) is 1. The summed E-state index contributed by atoms with van der Waals surface area (Å²) in [4.78, 5) is 2.43. The Hall–Kier alpha value is -0.820. The van der Waals surface area contributed by atoms with Gasteiger partial charge >= 0.3 is 0 Å². The van der Waals surface area contributed by atoms with Crippen molar-refractivity contribution in [1.82, 2.24) is 4.90 Å². The molecular formula is C15H25N. The van der Waals surface area contributed by atoms with Crippen molar-refractivity contribution >= 4 is 0 Å². The van der Waals surface area contributed by atoms with Gasteiger partial charge in [0.1, 0.15) is 0 Å². The normalized spacial score (nSPS) is 24.4. The van der Waals surface area contributed by atoms with Crippen LogP contribution < -0.4 is 0 Å². The van der Waals surface area contributed by atoms with E-state index in [9.17, 15) is 0 Å². The second-order valence-electron chi connectivity index (χ2n) is 4.65. The van der Waals surface area contributed by atoms with Crippen molar-refractivity contribution in [3.63, 3.8) is 0 Å². The Bertz CT molecular complexity index is 343. The highest BCUT2D eigenvalue weighted by Crippen LogP contribution is 2.32. The maximum Gasteiger partial charge on any atom is 0.0236 e. The number of aryl methyl sites for hydroxylation is 1. The van der Waals surface area contributed by atoms with E-state index in [2.05, 4.69) is 50.9 Å². The van der Waals surface area contributed by atoms with Gasteiger partial charge in [0.15, 0.2) is 0 Å². The van der Waals surface area contributed by atoms with E-state index in [4.69, 9.17) is 0 Å². The lowest BCUT2D eigenvalue weighted by molar-refractivity contribution is 0.204. The molecule has 2 atom stereocenters. The molecule has 2 rings (SSSR count). The number of likely N-dealkylation sites (N-methyl/N-ethyl adjacent to an activating group) is 1. The van der Waals surface area contributed by atoms with Gasteiger partial charge < -0.3 is 0 Å². The van der Waals surface area contributed by atoms with Gasteiger partial charge in [-0.25, -0.2) is 0 Å². The summed E-state index contributed by atoms with van der Waals surface area (Å²) in [5.74, 6) is 0.656. The van der Waals surface area contributed by atoms with Crippen molar-refractivity contribution in [2.24, 2.45) is 0 Å². The molecule has 1 aliphatic heterocycles. The zero-order valence-corrected chi connectivity index (χ0v) is 11.5. The summed E-state index contributed by atoms with van der Waals surface area (Å²) in [7, 11) is 2.21. The average molecular weight is 219 g/mol. The maximum absolute atomic E-state index is 2.43. The lowest BCUT2D eigenvalue weighted by atomic mass is 9.85. The second-order valence-corrected chi connectivity index (χ2v) is 4.65. The van der Waals surface area contributed by atoms with Gasteiger partial charge in [-0.3, -0.25) is 4.90 Å². The SMILES string of the molecule is CC.Cc1ccc2c(c1)C(C)C(C)N(C)C2. The van der Waals surface area contributed by atoms with Crippen LogP contribution >= 0.6 is 0 Å². The van der Waals surface area contributed by atoms with Gasteiger partial charge in [0.25, 0.3) is 0 Å². The van der Waals surface area contributed by atoms with Crippen LogP contribution in [0.5, 0.6) is 0 Å². The molecule has 1 nitrogen and oxygen atoms in total. The largest absolute Gasteiger partial charge is 0.299 e. The molecule has 1 heteroatoms. The van der Waals surface area contributed by atoms with Crippen LogP contribution in [0.2, 0.25) is 0 Å². The molecule has 0 bridgehead atoms. The molecule has 1 heterocycles. The van der Waals surface area contributed by atoms with Crippen LogP contribution in [0.15, 0.2) is 18.2 Å². The minimum atomic E-state index is 0.656. The third kappa shape index (κ3) is 2.46. The highest BCUT2D eigenvalue weighted by molar-refractivity contribution is 5.36. The fraction of sp³-hybridized carbons (Fsp3) is 0.600. The van der Waals surface area contributed by atoms with Gasteiger partial charge in [0, 0.05) is 12.6 Å². The van der Waals surface area contributed by atoms with Crippen molar-refractivity contribution in [1.29, 1.82) is 0 Å². The summed E-state index contributed by atoms with van der Waals surface area (Å²) in [5.41, 5.74) is 4.44. The molecule has 90 valence electrons. The van der Waals surface area contributed by atoms with Gasteiger partial charge in [0.05, 0.1) is 0 Å². The van der Waals surface area contributed by atoms with Crippen molar-refractivity contribution in [3.8, 4) is 0 Å². The van der Waals surface area contributed by atoms with E-state index >= 15 is 0 Å². The monoisotopic (exact) mass is 219 g/mol. The second kappa shape index (κ2) is 5.49. The van der Waals surface area contributed by atoms with Crippen LogP contribution in [0.25, 0.3) is 0 Å². The van der Waals surface area contributed by atoms with Gasteiger partial charge in [0.2, 0.25) is 0 Å². The lowest BCUT2D eigenvalue weighted by Crippen LogP contribution is -2.37. The fourth-order valence-electron chi connectivity index (χ4n) is 2.34. The summed E-state index contributed by atoms with van der Waals surface area (Å²) in [5, 5.41) is 0. The van der Waals surface area contributed by atoms with Gasteiger partial charge in [-0.1, -0.05) is 44.5 Å². The Kier molecular flexibility index (Phi) is 4.55. The third-order valence-corrected chi connectivity index (χ3v) is 3.63. The first-order valence-electron chi connectivity index (χ1n) is 6.39. The molecule has 0 saturated heterocycles. The van der Waals surface area contributed by atoms with E-state index in [-0.39, 0.29) is 0 Å². The quantitative estimate of drug-likeness (QED) is 0.638. The van der Waals surface area contributed by atoms with Crippen LogP contribution in [-0.4, -0.2) is 18.0 Å². The first-order valence-corrected chi connectivity index (χ1v) is 6.39. The number of hydrogen-bond donors (Lipinski definition) is 0. The summed E-state index contributed by atoms with van der Waals surface area (Å²) >= 11 is 0. The fourth-order valence-corrected chi connectivity index (χ4v) is 2.34. The molecule has 16 heavy (non-hydrogen) atoms. The number of benzene rings is 1. The summed E-state index contributed by atoms with van der Waals surface area (Å²) < 4.78 is 0. The highest BCUT2D eigenvalue weighted by atomic mass is 15.1. The lowest BCUT2D eigenvalue weighted by Gasteiger charge is -2.37. The summed E-state index contributed by atoms with van der Waals surface area (Å²) in [6, 6.07) is 7.51. The Labute approximate surface area is 100 Å². The molecule has 2 unspecified atom stereocenters. The number of rotatable bonds is 0. The first-order chi connectivity index (χ1) is 7.59. The molecule has 0 radical (unpaired) electrons. The van der Waals surface area contributed by atoms with E-state index in [0.29, 0.717) is 12.0 Å². The Morgan fingerprint density at radius 1 is 1.19 bits per heavy atom. The van der Waals surface area contributed by atoms with Crippen LogP contribution in [0.1, 0.15) is 50.3 Å². The van der Waals surface area contributed by atoms with Crippen molar-refractivity contribution in [2.75, 3.05) is 7.05 Å². The number of hydrogen-bond acceptors (Lipinski definition) is 1. The number of fused-ring (bicyclic) bond motifs is 1. The summed E-state index contributed by atoms with van der Waals surface area (Å²) in [6.07, 6.45) is 0. The minimum absolute atomic E-state index is 0.656. The molecule has 1 aromatic rings. The van der Waals surface area contributed by atoms with Crippen LogP contribution in [0.4, 0.5) is 0 Å². The zero-order chi connectivity index (χ0) is 12.3. The highest BCUT2D eigenvalue weighted by Gasteiger charge is 2.26. The maximum atomic E-state index is 2.43. The molecule has 1 aromatic carbocycles. The van der Waals surface area contributed by atoms with E-state index < -0.39 is 0 Å².